The maximum atomic E-state index is 10.6. The number of nitrogens with zero attached hydrogens (tertiary/aromatic N) is 4. The molecule has 0 aromatic heterocycles. The molecule has 164 valence electrons. The van der Waals surface area contributed by atoms with Gasteiger partial charge < -0.3 is 5.11 Å². The van der Waals surface area contributed by atoms with Crippen LogP contribution in [0, 0.1) is 0 Å². The van der Waals surface area contributed by atoms with Crippen molar-refractivity contribution in [2.24, 2.45) is 4.99 Å². The van der Waals surface area contributed by atoms with Gasteiger partial charge in [0.1, 0.15) is 5.82 Å². The Balaban J connectivity index is 1.22. The lowest BCUT2D eigenvalue weighted by molar-refractivity contribution is -0.147. The zero-order valence-electron chi connectivity index (χ0n) is 18.6. The summed E-state index contributed by atoms with van der Waals surface area (Å²) in [5.41, 5.74) is 3.58. The molecule has 31 heavy (non-hydrogen) atoms. The van der Waals surface area contributed by atoms with Crippen molar-refractivity contribution in [1.29, 1.82) is 0 Å². The molecule has 3 aliphatic carbocycles. The van der Waals surface area contributed by atoms with E-state index >= 15 is 0 Å². The summed E-state index contributed by atoms with van der Waals surface area (Å²) in [5.74, 6) is 1.05. The second-order valence-corrected chi connectivity index (χ2v) is 10.3. The highest BCUT2D eigenvalue weighted by Crippen LogP contribution is 2.51. The molecule has 0 spiro atoms. The fourth-order valence-corrected chi connectivity index (χ4v) is 6.42. The van der Waals surface area contributed by atoms with Crippen LogP contribution in [0.3, 0.4) is 0 Å². The highest BCUT2D eigenvalue weighted by atomic mass is 16.3. The van der Waals surface area contributed by atoms with Crippen LogP contribution in [0.25, 0.3) is 5.57 Å². The number of aliphatic imine (C=N–C) groups is 1. The first-order valence-corrected chi connectivity index (χ1v) is 12.2. The van der Waals surface area contributed by atoms with Crippen LogP contribution in [0.4, 0.5) is 0 Å². The standard InChI is InChI=1S/C26H34N4O/c1-20(28-15-2-3-16-28)21-4-6-22(7-5-21)23-18-27-24-8-17-30(29(24)19-23)25-9-12-26(31,13-10-25)14-11-25/h4-8,18-20,31H,2-3,9-17H2,1H3. The zero-order chi connectivity index (χ0) is 21.1. The van der Waals surface area contributed by atoms with Crippen molar-refractivity contribution in [3.63, 3.8) is 0 Å². The summed E-state index contributed by atoms with van der Waals surface area (Å²) in [6, 6.07) is 9.59. The molecule has 7 rings (SSSR count). The molecule has 5 heteroatoms. The highest BCUT2D eigenvalue weighted by Gasteiger charge is 2.53. The van der Waals surface area contributed by atoms with Gasteiger partial charge in [0.05, 0.1) is 5.60 Å². The molecular weight excluding hydrogens is 384 g/mol. The molecule has 1 unspecified atom stereocenters. The van der Waals surface area contributed by atoms with Gasteiger partial charge in [0.15, 0.2) is 0 Å². The van der Waals surface area contributed by atoms with Crippen molar-refractivity contribution in [3.8, 4) is 0 Å². The minimum Gasteiger partial charge on any atom is -0.390 e. The molecule has 6 aliphatic rings. The monoisotopic (exact) mass is 418 g/mol. The van der Waals surface area contributed by atoms with Crippen LogP contribution >= 0.6 is 0 Å². The van der Waals surface area contributed by atoms with Gasteiger partial charge in [-0.1, -0.05) is 24.3 Å². The highest BCUT2D eigenvalue weighted by molar-refractivity contribution is 6.10. The van der Waals surface area contributed by atoms with Crippen LogP contribution in [0.2, 0.25) is 0 Å². The molecule has 1 N–H and O–H groups in total. The molecule has 3 saturated carbocycles. The Morgan fingerprint density at radius 1 is 0.968 bits per heavy atom. The van der Waals surface area contributed by atoms with Crippen molar-refractivity contribution in [3.05, 3.63) is 53.5 Å². The fourth-order valence-electron chi connectivity index (χ4n) is 6.42. The maximum Gasteiger partial charge on any atom is 0.144 e. The second kappa shape index (κ2) is 7.29. The van der Waals surface area contributed by atoms with Crippen LogP contribution in [0.15, 0.2) is 47.4 Å². The molecular formula is C26H34N4O. The minimum atomic E-state index is -0.396. The Labute approximate surface area is 185 Å². The van der Waals surface area contributed by atoms with E-state index in [0.29, 0.717) is 6.04 Å². The van der Waals surface area contributed by atoms with Crippen molar-refractivity contribution in [2.45, 2.75) is 75.5 Å². The van der Waals surface area contributed by atoms with Gasteiger partial charge in [0.2, 0.25) is 0 Å². The quantitative estimate of drug-likeness (QED) is 0.783. The lowest BCUT2D eigenvalue weighted by Gasteiger charge is -2.56. The molecule has 1 aromatic carbocycles. The van der Waals surface area contributed by atoms with Crippen molar-refractivity contribution in [1.82, 2.24) is 14.9 Å². The number of aliphatic hydroxyl groups is 1. The SMILES string of the molecule is CC(c1ccc(C2=CN3C(=CCN3C34CCC(O)(CC3)CC4)N=C2)cc1)N1CCCC1. The Morgan fingerprint density at radius 2 is 1.65 bits per heavy atom. The fraction of sp³-hybridized carbons (Fsp3) is 0.577. The molecule has 3 aliphatic heterocycles. The Hall–Kier alpha value is -1.95. The van der Waals surface area contributed by atoms with E-state index in [9.17, 15) is 5.11 Å². The normalized spacial score (nSPS) is 34.1. The van der Waals surface area contributed by atoms with Gasteiger partial charge >= 0.3 is 0 Å². The lowest BCUT2D eigenvalue weighted by Crippen LogP contribution is -2.61. The largest absolute Gasteiger partial charge is 0.390 e. The number of allylic oxidation sites excluding steroid dienone is 1. The van der Waals surface area contributed by atoms with Crippen LogP contribution in [-0.2, 0) is 0 Å². The van der Waals surface area contributed by atoms with E-state index in [1.54, 1.807) is 0 Å². The predicted octanol–water partition coefficient (Wildman–Crippen LogP) is 4.48. The predicted molar refractivity (Wildman–Crippen MR) is 124 cm³/mol. The summed E-state index contributed by atoms with van der Waals surface area (Å²) in [4.78, 5) is 7.39. The van der Waals surface area contributed by atoms with Crippen LogP contribution in [0.5, 0.6) is 0 Å². The molecule has 4 fully saturated rings. The van der Waals surface area contributed by atoms with E-state index in [-0.39, 0.29) is 5.54 Å². The Kier molecular flexibility index (Phi) is 4.64. The third-order valence-corrected chi connectivity index (χ3v) is 8.67. The molecule has 2 bridgehead atoms. The minimum absolute atomic E-state index is 0.173. The van der Waals surface area contributed by atoms with E-state index < -0.39 is 5.60 Å². The zero-order valence-corrected chi connectivity index (χ0v) is 18.6. The van der Waals surface area contributed by atoms with E-state index in [1.165, 1.54) is 42.6 Å². The summed E-state index contributed by atoms with van der Waals surface area (Å²) in [7, 11) is 0. The molecule has 1 saturated heterocycles. The number of hydrazine groups is 1. The summed E-state index contributed by atoms with van der Waals surface area (Å²) in [6.07, 6.45) is 15.2. The topological polar surface area (TPSA) is 42.3 Å². The smallest absolute Gasteiger partial charge is 0.144 e. The molecule has 1 atom stereocenters. The second-order valence-electron chi connectivity index (χ2n) is 10.3. The molecule has 3 heterocycles. The average Bonchev–Trinajstić information content (AvgIpc) is 3.50. The summed E-state index contributed by atoms with van der Waals surface area (Å²) >= 11 is 0. The number of hydrogen-bond acceptors (Lipinski definition) is 5. The Morgan fingerprint density at radius 3 is 2.32 bits per heavy atom. The lowest BCUT2D eigenvalue weighted by atomic mass is 9.63. The van der Waals surface area contributed by atoms with Gasteiger partial charge in [-0.05, 0) is 88.6 Å². The first-order chi connectivity index (χ1) is 15.1. The molecule has 0 radical (unpaired) electrons. The van der Waals surface area contributed by atoms with Gasteiger partial charge in [-0.2, -0.15) is 0 Å². The summed E-state index contributed by atoms with van der Waals surface area (Å²) in [6.45, 7) is 5.69. The van der Waals surface area contributed by atoms with Gasteiger partial charge in [-0.15, -0.1) is 0 Å². The number of likely N-dealkylation sites (tertiary alicyclic amines) is 1. The van der Waals surface area contributed by atoms with Gasteiger partial charge in [-0.25, -0.2) is 10.0 Å². The third-order valence-electron chi connectivity index (χ3n) is 8.67. The van der Waals surface area contributed by atoms with Gasteiger partial charge in [-0.3, -0.25) is 9.91 Å². The number of rotatable bonds is 4. The third kappa shape index (κ3) is 3.29. The summed E-state index contributed by atoms with van der Waals surface area (Å²) < 4.78 is 0. The van der Waals surface area contributed by atoms with Crippen molar-refractivity contribution >= 4 is 11.8 Å². The van der Waals surface area contributed by atoms with Gasteiger partial charge in [0.25, 0.3) is 0 Å². The van der Waals surface area contributed by atoms with Crippen molar-refractivity contribution < 1.29 is 5.11 Å². The average molecular weight is 419 g/mol. The first-order valence-electron chi connectivity index (χ1n) is 12.2. The molecule has 1 aromatic rings. The van der Waals surface area contributed by atoms with Crippen molar-refractivity contribution in [2.75, 3.05) is 19.6 Å². The van der Waals surface area contributed by atoms with E-state index in [2.05, 4.69) is 58.4 Å². The molecule has 5 nitrogen and oxygen atoms in total. The van der Waals surface area contributed by atoms with Crippen LogP contribution in [0.1, 0.15) is 75.5 Å². The first kappa shape index (κ1) is 19.7. The number of benzene rings is 1. The number of hydrogen-bond donors (Lipinski definition) is 1. The van der Waals surface area contributed by atoms with E-state index in [1.807, 2.05) is 6.21 Å². The maximum absolute atomic E-state index is 10.6. The number of fused-ring (bicyclic) bond motifs is 4. The van der Waals surface area contributed by atoms with Crippen LogP contribution < -0.4 is 0 Å². The van der Waals surface area contributed by atoms with E-state index in [0.717, 1.165) is 50.9 Å². The van der Waals surface area contributed by atoms with Crippen LogP contribution in [-0.4, -0.2) is 57.0 Å². The molecule has 0 amide bonds. The van der Waals surface area contributed by atoms with Gasteiger partial charge in [0, 0.05) is 36.1 Å². The van der Waals surface area contributed by atoms with E-state index in [4.69, 9.17) is 4.99 Å². The summed E-state index contributed by atoms with van der Waals surface area (Å²) in [5, 5.41) is 15.5. The Bertz CT molecular complexity index is 916.